The van der Waals surface area contributed by atoms with E-state index in [-0.39, 0.29) is 6.61 Å². The lowest BCUT2D eigenvalue weighted by atomic mass is 10.5. The van der Waals surface area contributed by atoms with Crippen molar-refractivity contribution in [3.63, 3.8) is 0 Å². The fraction of sp³-hybridized carbons (Fsp3) is 0.500. The molecule has 0 bridgehead atoms. The van der Waals surface area contributed by atoms with Crippen molar-refractivity contribution < 1.29 is 18.3 Å². The summed E-state index contributed by atoms with van der Waals surface area (Å²) >= 11 is 2.03. The molecule has 0 rings (SSSR count). The molecule has 0 aliphatic carbocycles. The van der Waals surface area contributed by atoms with Crippen LogP contribution in [0.1, 0.15) is 6.92 Å². The Kier molecular flexibility index (Phi) is 4.25. The molecule has 0 fully saturated rings. The summed E-state index contributed by atoms with van der Waals surface area (Å²) < 4.78 is 28.2. The smallest absolute Gasteiger partial charge is 0.330 e. The highest BCUT2D eigenvalue weighted by molar-refractivity contribution is 9.10. The average Bonchev–Trinajstić information content (AvgIpc) is 1.83. The van der Waals surface area contributed by atoms with E-state index in [4.69, 9.17) is 0 Å². The molecule has 5 heteroatoms. The van der Waals surface area contributed by atoms with Gasteiger partial charge < -0.3 is 4.74 Å². The molecule has 0 unspecified atom stereocenters. The molecule has 0 aromatic carbocycles. The molecule has 0 heterocycles. The highest BCUT2D eigenvalue weighted by Gasteiger charge is 2.18. The minimum absolute atomic E-state index is 0.178. The van der Waals surface area contributed by atoms with Gasteiger partial charge in [0.1, 0.15) is 0 Å². The van der Waals surface area contributed by atoms with Crippen LogP contribution in [0.2, 0.25) is 0 Å². The fourth-order valence-corrected chi connectivity index (χ4v) is 0.485. The van der Waals surface area contributed by atoms with Gasteiger partial charge in [-0.3, -0.25) is 0 Å². The highest BCUT2D eigenvalue weighted by Crippen LogP contribution is 2.22. The topological polar surface area (TPSA) is 26.3 Å². The van der Waals surface area contributed by atoms with E-state index in [1.54, 1.807) is 6.92 Å². The molecule has 0 N–H and O–H groups in total. The van der Waals surface area contributed by atoms with Crippen LogP contribution in [0.3, 0.4) is 0 Å². The predicted molar refractivity (Wildman–Crippen MR) is 39.6 cm³/mol. The standard InChI is InChI=1S/C6H7BrF2O2/c1-2-11-5(10)3-4-6(7,8)9/h3-4H,2H2,1H3/b4-3+. The maximum atomic E-state index is 11.9. The first-order valence-electron chi connectivity index (χ1n) is 2.88. The number of allylic oxidation sites excluding steroid dienone is 1. The van der Waals surface area contributed by atoms with Crippen LogP contribution in [0, 0.1) is 0 Å². The summed E-state index contributed by atoms with van der Waals surface area (Å²) in [5.41, 5.74) is 0. The lowest BCUT2D eigenvalue weighted by Gasteiger charge is -1.99. The highest BCUT2D eigenvalue weighted by atomic mass is 79.9. The van der Waals surface area contributed by atoms with Crippen molar-refractivity contribution in [2.45, 2.75) is 11.8 Å². The Balaban J connectivity index is 3.83. The molecular formula is C6H7BrF2O2. The van der Waals surface area contributed by atoms with Crippen molar-refractivity contribution in [3.05, 3.63) is 12.2 Å². The van der Waals surface area contributed by atoms with Gasteiger partial charge in [-0.2, -0.15) is 8.78 Å². The van der Waals surface area contributed by atoms with E-state index in [0.29, 0.717) is 12.2 Å². The van der Waals surface area contributed by atoms with Gasteiger partial charge in [-0.1, -0.05) is 0 Å². The first-order valence-corrected chi connectivity index (χ1v) is 3.67. The Morgan fingerprint density at radius 3 is 2.64 bits per heavy atom. The molecule has 0 saturated carbocycles. The van der Waals surface area contributed by atoms with E-state index in [9.17, 15) is 13.6 Å². The monoisotopic (exact) mass is 228 g/mol. The normalized spacial score (nSPS) is 12.0. The second-order valence-corrected chi connectivity index (χ2v) is 2.68. The van der Waals surface area contributed by atoms with Crippen LogP contribution >= 0.6 is 15.9 Å². The second-order valence-electron chi connectivity index (χ2n) is 1.63. The van der Waals surface area contributed by atoms with Crippen molar-refractivity contribution in [2.24, 2.45) is 0 Å². The maximum Gasteiger partial charge on any atom is 0.330 e. The molecule has 11 heavy (non-hydrogen) atoms. The molecule has 0 radical (unpaired) electrons. The number of esters is 1. The van der Waals surface area contributed by atoms with Crippen molar-refractivity contribution in [3.8, 4) is 0 Å². The molecule has 0 saturated heterocycles. The molecule has 0 aliphatic rings. The number of rotatable bonds is 3. The Morgan fingerprint density at radius 1 is 1.73 bits per heavy atom. The molecule has 0 aliphatic heterocycles. The third kappa shape index (κ3) is 7.45. The summed E-state index contributed by atoms with van der Waals surface area (Å²) in [7, 11) is 0. The maximum absolute atomic E-state index is 11.9. The van der Waals surface area contributed by atoms with Gasteiger partial charge in [0.15, 0.2) is 0 Å². The summed E-state index contributed by atoms with van der Waals surface area (Å²) in [5, 5.41) is 0. The lowest BCUT2D eigenvalue weighted by Crippen LogP contribution is -2.03. The van der Waals surface area contributed by atoms with Crippen molar-refractivity contribution >= 4 is 21.9 Å². The number of ether oxygens (including phenoxy) is 1. The summed E-state index contributed by atoms with van der Waals surface area (Å²) in [5.74, 6) is -0.772. The minimum Gasteiger partial charge on any atom is -0.463 e. The zero-order chi connectivity index (χ0) is 8.91. The van der Waals surface area contributed by atoms with Crippen LogP contribution < -0.4 is 0 Å². The minimum atomic E-state index is -3.14. The summed E-state index contributed by atoms with van der Waals surface area (Å²) in [6, 6.07) is 0. The summed E-state index contributed by atoms with van der Waals surface area (Å²) in [4.78, 5) is 7.29. The Labute approximate surface area is 71.3 Å². The summed E-state index contributed by atoms with van der Waals surface area (Å²) in [6.45, 7) is 1.77. The second kappa shape index (κ2) is 4.43. The largest absolute Gasteiger partial charge is 0.463 e. The molecule has 0 spiro atoms. The number of halogens is 3. The van der Waals surface area contributed by atoms with Crippen LogP contribution in [0.5, 0.6) is 0 Å². The molecule has 0 atom stereocenters. The molecule has 2 nitrogen and oxygen atoms in total. The van der Waals surface area contributed by atoms with E-state index in [1.807, 2.05) is 15.9 Å². The summed E-state index contributed by atoms with van der Waals surface area (Å²) in [6.07, 6.45) is 1.10. The Hall–Kier alpha value is -0.450. The van der Waals surface area contributed by atoms with Crippen molar-refractivity contribution in [2.75, 3.05) is 6.61 Å². The number of hydrogen-bond acceptors (Lipinski definition) is 2. The number of hydrogen-bond donors (Lipinski definition) is 0. The molecule has 0 aromatic heterocycles. The van der Waals surface area contributed by atoms with E-state index >= 15 is 0 Å². The van der Waals surface area contributed by atoms with Gasteiger partial charge in [0, 0.05) is 12.2 Å². The van der Waals surface area contributed by atoms with Crippen LogP contribution in [-0.4, -0.2) is 17.4 Å². The zero-order valence-corrected chi connectivity index (χ0v) is 7.40. The molecule has 0 amide bonds. The van der Waals surface area contributed by atoms with Gasteiger partial charge in [0.05, 0.1) is 6.61 Å². The van der Waals surface area contributed by atoms with Crippen molar-refractivity contribution in [1.29, 1.82) is 0 Å². The third-order valence-corrected chi connectivity index (χ3v) is 0.959. The first-order chi connectivity index (χ1) is 4.95. The van der Waals surface area contributed by atoms with Gasteiger partial charge >= 0.3 is 10.8 Å². The van der Waals surface area contributed by atoms with Gasteiger partial charge in [-0.25, -0.2) is 4.79 Å². The van der Waals surface area contributed by atoms with Gasteiger partial charge in [-0.05, 0) is 22.9 Å². The number of carbonyl (C=O) groups is 1. The van der Waals surface area contributed by atoms with Gasteiger partial charge in [-0.15, -0.1) is 0 Å². The average molecular weight is 229 g/mol. The van der Waals surface area contributed by atoms with Crippen LogP contribution in [-0.2, 0) is 9.53 Å². The number of carbonyl (C=O) groups excluding carboxylic acids is 1. The van der Waals surface area contributed by atoms with Gasteiger partial charge in [0.2, 0.25) is 0 Å². The van der Waals surface area contributed by atoms with Crippen molar-refractivity contribution in [1.82, 2.24) is 0 Å². The predicted octanol–water partition coefficient (Wildman–Crippen LogP) is 2.09. The zero-order valence-electron chi connectivity index (χ0n) is 5.81. The van der Waals surface area contributed by atoms with E-state index in [2.05, 4.69) is 4.74 Å². The molecule has 0 aromatic rings. The van der Waals surface area contributed by atoms with Crippen LogP contribution in [0.4, 0.5) is 8.78 Å². The number of alkyl halides is 3. The Morgan fingerprint density at radius 2 is 2.27 bits per heavy atom. The third-order valence-electron chi connectivity index (χ3n) is 0.695. The van der Waals surface area contributed by atoms with Crippen LogP contribution in [0.15, 0.2) is 12.2 Å². The van der Waals surface area contributed by atoms with Crippen LogP contribution in [0.25, 0.3) is 0 Å². The quantitative estimate of drug-likeness (QED) is 0.420. The first kappa shape index (κ1) is 10.6. The Bertz CT molecular complexity index is 162. The SMILES string of the molecule is CCOC(=O)/C=C/C(F)(F)Br. The van der Waals surface area contributed by atoms with Gasteiger partial charge in [0.25, 0.3) is 0 Å². The van der Waals surface area contributed by atoms with E-state index < -0.39 is 10.8 Å². The van der Waals surface area contributed by atoms with E-state index in [1.165, 1.54) is 0 Å². The lowest BCUT2D eigenvalue weighted by molar-refractivity contribution is -0.137. The molecule has 64 valence electrons. The molecular weight excluding hydrogens is 222 g/mol. The fourth-order valence-electron chi connectivity index (χ4n) is 0.353. The van der Waals surface area contributed by atoms with E-state index in [0.717, 1.165) is 0 Å².